The van der Waals surface area contributed by atoms with E-state index >= 15 is 0 Å². The van der Waals surface area contributed by atoms with Gasteiger partial charge in [0.15, 0.2) is 5.82 Å². The molecule has 1 N–H and O–H groups in total. The third-order valence-electron chi connectivity index (χ3n) is 2.57. The van der Waals surface area contributed by atoms with Crippen LogP contribution in [-0.4, -0.2) is 44.9 Å². The number of likely N-dealkylation sites (N-methyl/N-ethyl adjacent to an activating group) is 1. The summed E-state index contributed by atoms with van der Waals surface area (Å²) in [5.74, 6) is 0.664. The molecule has 1 unspecified atom stereocenters. The third-order valence-corrected chi connectivity index (χ3v) is 2.57. The third kappa shape index (κ3) is 1.34. The molecule has 2 rings (SSSR count). The summed E-state index contributed by atoms with van der Waals surface area (Å²) in [5.41, 5.74) is -0.806. The van der Waals surface area contributed by atoms with E-state index in [1.165, 1.54) is 0 Å². The first-order chi connectivity index (χ1) is 6.12. The fraction of sp³-hybridized carbons (Fsp3) is 0.750. The van der Waals surface area contributed by atoms with Crippen molar-refractivity contribution in [2.75, 3.05) is 20.1 Å². The highest BCUT2D eigenvalue weighted by atomic mass is 16.3. The molecule has 5 nitrogen and oxygen atoms in total. The zero-order chi connectivity index (χ0) is 9.47. The van der Waals surface area contributed by atoms with Crippen LogP contribution < -0.4 is 0 Å². The molecule has 1 atom stereocenters. The number of hydrogen-bond donors (Lipinski definition) is 1. The van der Waals surface area contributed by atoms with Crippen LogP contribution in [0.4, 0.5) is 0 Å². The van der Waals surface area contributed by atoms with Gasteiger partial charge in [-0.25, -0.2) is 0 Å². The Morgan fingerprint density at radius 3 is 2.77 bits per heavy atom. The molecule has 72 valence electrons. The van der Waals surface area contributed by atoms with Crippen molar-refractivity contribution in [3.05, 3.63) is 12.2 Å². The molecule has 1 aromatic heterocycles. The fourth-order valence-electron chi connectivity index (χ4n) is 1.87. The van der Waals surface area contributed by atoms with Crippen molar-refractivity contribution in [2.24, 2.45) is 7.05 Å². The van der Waals surface area contributed by atoms with Crippen LogP contribution in [0, 0.1) is 0 Å². The summed E-state index contributed by atoms with van der Waals surface area (Å²) in [6.45, 7) is 1.54. The van der Waals surface area contributed by atoms with Crippen molar-refractivity contribution in [3.63, 3.8) is 0 Å². The summed E-state index contributed by atoms with van der Waals surface area (Å²) in [5, 5.41) is 17.9. The van der Waals surface area contributed by atoms with Crippen LogP contribution in [0.1, 0.15) is 12.2 Å². The molecule has 0 spiro atoms. The molecular formula is C8H14N4O. The van der Waals surface area contributed by atoms with Gasteiger partial charge in [0.25, 0.3) is 0 Å². The number of aliphatic hydroxyl groups is 1. The minimum atomic E-state index is -0.806. The van der Waals surface area contributed by atoms with Crippen molar-refractivity contribution in [2.45, 2.75) is 12.0 Å². The van der Waals surface area contributed by atoms with Gasteiger partial charge in [-0.05, 0) is 13.5 Å². The van der Waals surface area contributed by atoms with E-state index in [1.54, 1.807) is 10.9 Å². The maximum absolute atomic E-state index is 10.2. The lowest BCUT2D eigenvalue weighted by atomic mass is 10.0. The SMILES string of the molecule is CN1CCC(O)(c2nncn2C)C1. The minimum absolute atomic E-state index is 0.638. The van der Waals surface area contributed by atoms with Gasteiger partial charge in [0.1, 0.15) is 11.9 Å². The zero-order valence-electron chi connectivity index (χ0n) is 7.93. The highest BCUT2D eigenvalue weighted by Gasteiger charge is 2.39. The summed E-state index contributed by atoms with van der Waals surface area (Å²) >= 11 is 0. The molecule has 0 aliphatic carbocycles. The van der Waals surface area contributed by atoms with Gasteiger partial charge in [-0.3, -0.25) is 0 Å². The highest BCUT2D eigenvalue weighted by molar-refractivity contribution is 5.05. The van der Waals surface area contributed by atoms with Crippen molar-refractivity contribution >= 4 is 0 Å². The van der Waals surface area contributed by atoms with Gasteiger partial charge in [0, 0.05) is 20.1 Å². The number of rotatable bonds is 1. The highest BCUT2D eigenvalue weighted by Crippen LogP contribution is 2.28. The fourth-order valence-corrected chi connectivity index (χ4v) is 1.87. The molecule has 13 heavy (non-hydrogen) atoms. The van der Waals surface area contributed by atoms with Crippen LogP contribution in [0.3, 0.4) is 0 Å². The van der Waals surface area contributed by atoms with Gasteiger partial charge < -0.3 is 14.6 Å². The van der Waals surface area contributed by atoms with Gasteiger partial charge in [-0.15, -0.1) is 10.2 Å². The Morgan fingerprint density at radius 2 is 2.31 bits per heavy atom. The van der Waals surface area contributed by atoms with Crippen LogP contribution in [0.2, 0.25) is 0 Å². The van der Waals surface area contributed by atoms with Gasteiger partial charge in [0.2, 0.25) is 0 Å². The summed E-state index contributed by atoms with van der Waals surface area (Å²) < 4.78 is 1.78. The molecule has 1 fully saturated rings. The second-order valence-corrected chi connectivity index (χ2v) is 3.78. The number of aromatic nitrogens is 3. The molecule has 1 aromatic rings. The maximum atomic E-state index is 10.2. The van der Waals surface area contributed by atoms with Crippen LogP contribution >= 0.6 is 0 Å². The number of nitrogens with zero attached hydrogens (tertiary/aromatic N) is 4. The normalized spacial score (nSPS) is 29.8. The smallest absolute Gasteiger partial charge is 0.166 e. The standard InChI is InChI=1S/C8H14N4O/c1-11-4-3-8(13,5-11)7-10-9-6-12(7)2/h6,13H,3-5H2,1-2H3. The maximum Gasteiger partial charge on any atom is 0.166 e. The number of aryl methyl sites for hydroxylation is 1. The second-order valence-electron chi connectivity index (χ2n) is 3.78. The average molecular weight is 182 g/mol. The molecule has 0 saturated carbocycles. The van der Waals surface area contributed by atoms with E-state index in [0.717, 1.165) is 13.0 Å². The predicted octanol–water partition coefficient (Wildman–Crippen LogP) is -0.662. The zero-order valence-corrected chi connectivity index (χ0v) is 7.93. The van der Waals surface area contributed by atoms with E-state index in [-0.39, 0.29) is 0 Å². The Bertz CT molecular complexity index is 311. The van der Waals surface area contributed by atoms with Gasteiger partial charge in [0.05, 0.1) is 0 Å². The van der Waals surface area contributed by atoms with Crippen molar-refractivity contribution in [1.82, 2.24) is 19.7 Å². The van der Waals surface area contributed by atoms with Crippen molar-refractivity contribution < 1.29 is 5.11 Å². The Morgan fingerprint density at radius 1 is 1.54 bits per heavy atom. The first-order valence-electron chi connectivity index (χ1n) is 4.37. The first kappa shape index (κ1) is 8.65. The molecule has 1 aliphatic heterocycles. The van der Waals surface area contributed by atoms with E-state index < -0.39 is 5.60 Å². The minimum Gasteiger partial charge on any atom is -0.380 e. The van der Waals surface area contributed by atoms with Crippen molar-refractivity contribution in [1.29, 1.82) is 0 Å². The number of hydrogen-bond acceptors (Lipinski definition) is 4. The van der Waals surface area contributed by atoms with Crippen LogP contribution in [0.15, 0.2) is 6.33 Å². The lowest BCUT2D eigenvalue weighted by Gasteiger charge is -2.20. The molecule has 2 heterocycles. The van der Waals surface area contributed by atoms with Crippen LogP contribution in [0.5, 0.6) is 0 Å². The molecule has 0 aromatic carbocycles. The Kier molecular flexibility index (Phi) is 1.85. The first-order valence-corrected chi connectivity index (χ1v) is 4.37. The molecule has 1 saturated heterocycles. The van der Waals surface area contributed by atoms with E-state index in [2.05, 4.69) is 15.1 Å². The molecule has 0 radical (unpaired) electrons. The van der Waals surface area contributed by atoms with Gasteiger partial charge in [-0.2, -0.15) is 0 Å². The molecule has 0 bridgehead atoms. The molecule has 0 amide bonds. The quantitative estimate of drug-likeness (QED) is 0.626. The molecule has 1 aliphatic rings. The molecular weight excluding hydrogens is 168 g/mol. The molecule has 5 heteroatoms. The van der Waals surface area contributed by atoms with Gasteiger partial charge >= 0.3 is 0 Å². The van der Waals surface area contributed by atoms with E-state index in [4.69, 9.17) is 0 Å². The summed E-state index contributed by atoms with van der Waals surface area (Å²) in [6, 6.07) is 0. The lowest BCUT2D eigenvalue weighted by molar-refractivity contribution is 0.0366. The second kappa shape index (κ2) is 2.78. The number of likely N-dealkylation sites (tertiary alicyclic amines) is 1. The Balaban J connectivity index is 2.30. The van der Waals surface area contributed by atoms with E-state index in [0.29, 0.717) is 12.4 Å². The van der Waals surface area contributed by atoms with Gasteiger partial charge in [-0.1, -0.05) is 0 Å². The summed E-state index contributed by atoms with van der Waals surface area (Å²) in [6.07, 6.45) is 2.35. The Hall–Kier alpha value is -0.940. The number of β-amino-alcohol motifs (C(OH)–C–C–N with tert-alkyl or cyclic N) is 1. The van der Waals surface area contributed by atoms with Crippen LogP contribution in [-0.2, 0) is 12.6 Å². The Labute approximate surface area is 77.0 Å². The van der Waals surface area contributed by atoms with Crippen LogP contribution in [0.25, 0.3) is 0 Å². The predicted molar refractivity (Wildman–Crippen MR) is 47.0 cm³/mol. The largest absolute Gasteiger partial charge is 0.380 e. The summed E-state index contributed by atoms with van der Waals surface area (Å²) in [7, 11) is 3.85. The summed E-state index contributed by atoms with van der Waals surface area (Å²) in [4.78, 5) is 2.09. The topological polar surface area (TPSA) is 54.2 Å². The average Bonchev–Trinajstić information content (AvgIpc) is 2.59. The van der Waals surface area contributed by atoms with Crippen molar-refractivity contribution in [3.8, 4) is 0 Å². The van der Waals surface area contributed by atoms with E-state index in [9.17, 15) is 5.11 Å². The lowest BCUT2D eigenvalue weighted by Crippen LogP contribution is -2.32. The van der Waals surface area contributed by atoms with E-state index in [1.807, 2.05) is 14.1 Å². The monoisotopic (exact) mass is 182 g/mol.